The van der Waals surface area contributed by atoms with Crippen LogP contribution in [0, 0.1) is 6.92 Å². The van der Waals surface area contributed by atoms with E-state index in [1.165, 1.54) is 19.2 Å². The maximum Gasteiger partial charge on any atom is 0.446 e. The topological polar surface area (TPSA) is 123 Å². The van der Waals surface area contributed by atoms with Crippen LogP contribution in [0.15, 0.2) is 33.5 Å². The Morgan fingerprint density at radius 2 is 1.79 bits per heavy atom. The van der Waals surface area contributed by atoms with Gasteiger partial charge in [-0.15, -0.1) is 0 Å². The number of methoxy groups -OCH3 is 1. The lowest BCUT2D eigenvalue weighted by molar-refractivity contribution is 0.386. The van der Waals surface area contributed by atoms with Gasteiger partial charge in [-0.05, 0) is 24.6 Å². The predicted octanol–water partition coefficient (Wildman–Crippen LogP) is 2.15. The smallest absolute Gasteiger partial charge is 0.446 e. The molecule has 9 heteroatoms. The minimum atomic E-state index is -4.71. The maximum absolute atomic E-state index is 12.1. The summed E-state index contributed by atoms with van der Waals surface area (Å²) in [6.07, 6.45) is 0. The molecular formula is C15H12O8S. The van der Waals surface area contributed by atoms with Gasteiger partial charge in [0.25, 0.3) is 0 Å². The number of fused-ring (bicyclic) bond motifs is 3. The van der Waals surface area contributed by atoms with Crippen LogP contribution in [0.5, 0.6) is 17.2 Å². The van der Waals surface area contributed by atoms with Crippen molar-refractivity contribution in [2.24, 2.45) is 0 Å². The van der Waals surface area contributed by atoms with Crippen LogP contribution in [0.3, 0.4) is 0 Å². The van der Waals surface area contributed by atoms with Gasteiger partial charge in [0.05, 0.1) is 7.11 Å². The van der Waals surface area contributed by atoms with E-state index in [0.29, 0.717) is 22.1 Å². The lowest BCUT2D eigenvalue weighted by Gasteiger charge is -2.10. The predicted molar refractivity (Wildman–Crippen MR) is 85.1 cm³/mol. The quantitative estimate of drug-likeness (QED) is 0.417. The highest BCUT2D eigenvalue weighted by molar-refractivity contribution is 7.81. The van der Waals surface area contributed by atoms with Crippen molar-refractivity contribution >= 4 is 32.1 Å². The number of aromatic hydroxyl groups is 1. The average molecular weight is 352 g/mol. The van der Waals surface area contributed by atoms with E-state index in [1.807, 2.05) is 0 Å². The van der Waals surface area contributed by atoms with Crippen molar-refractivity contribution in [1.82, 2.24) is 0 Å². The van der Waals surface area contributed by atoms with E-state index < -0.39 is 16.0 Å². The molecule has 0 unspecified atom stereocenters. The Bertz CT molecular complexity index is 1130. The van der Waals surface area contributed by atoms with Crippen molar-refractivity contribution in [3.8, 4) is 17.2 Å². The van der Waals surface area contributed by atoms with Gasteiger partial charge in [-0.3, -0.25) is 4.55 Å². The van der Waals surface area contributed by atoms with E-state index in [-0.39, 0.29) is 22.5 Å². The summed E-state index contributed by atoms with van der Waals surface area (Å²) in [6, 6.07) is 5.36. The molecule has 3 aromatic rings. The molecule has 0 fully saturated rings. The number of ether oxygens (including phenoxy) is 1. The Balaban J connectivity index is 2.44. The zero-order valence-electron chi connectivity index (χ0n) is 12.6. The van der Waals surface area contributed by atoms with Gasteiger partial charge < -0.3 is 18.4 Å². The highest BCUT2D eigenvalue weighted by Gasteiger charge is 2.17. The molecule has 0 aliphatic rings. The monoisotopic (exact) mass is 352 g/mol. The van der Waals surface area contributed by atoms with Gasteiger partial charge >= 0.3 is 16.0 Å². The molecule has 0 bridgehead atoms. The number of hydrogen-bond acceptors (Lipinski definition) is 7. The minimum Gasteiger partial charge on any atom is -0.507 e. The first-order valence-electron chi connectivity index (χ1n) is 6.64. The normalized spacial score (nSPS) is 11.8. The van der Waals surface area contributed by atoms with Gasteiger partial charge in [0.15, 0.2) is 0 Å². The molecule has 0 spiro atoms. The average Bonchev–Trinajstić information content (AvgIpc) is 2.43. The van der Waals surface area contributed by atoms with Crippen molar-refractivity contribution in [3.05, 3.63) is 40.2 Å². The first kappa shape index (κ1) is 16.1. The molecule has 3 rings (SSSR count). The first-order chi connectivity index (χ1) is 11.2. The molecule has 0 saturated carbocycles. The summed E-state index contributed by atoms with van der Waals surface area (Å²) in [5, 5.41) is 10.9. The molecule has 1 aromatic heterocycles. The first-order valence-corrected chi connectivity index (χ1v) is 8.01. The zero-order chi connectivity index (χ0) is 17.6. The molecule has 2 N–H and O–H groups in total. The Kier molecular flexibility index (Phi) is 3.61. The molecule has 126 valence electrons. The van der Waals surface area contributed by atoms with Crippen LogP contribution in [0.4, 0.5) is 0 Å². The fourth-order valence-corrected chi connectivity index (χ4v) is 2.94. The molecule has 0 atom stereocenters. The van der Waals surface area contributed by atoms with Gasteiger partial charge in [-0.25, -0.2) is 4.79 Å². The second kappa shape index (κ2) is 5.39. The largest absolute Gasteiger partial charge is 0.507 e. The van der Waals surface area contributed by atoms with E-state index in [1.54, 1.807) is 13.0 Å². The van der Waals surface area contributed by atoms with Crippen LogP contribution in [0.1, 0.15) is 5.56 Å². The van der Waals surface area contributed by atoms with Crippen LogP contribution in [0.25, 0.3) is 21.7 Å². The minimum absolute atomic E-state index is 0.0187. The Labute approximate surface area is 135 Å². The fraction of sp³-hybridized carbons (Fsp3) is 0.133. The molecule has 0 aliphatic heterocycles. The third kappa shape index (κ3) is 2.74. The van der Waals surface area contributed by atoms with Gasteiger partial charge in [-0.2, -0.15) is 8.42 Å². The highest BCUT2D eigenvalue weighted by atomic mass is 32.3. The zero-order valence-corrected chi connectivity index (χ0v) is 13.4. The van der Waals surface area contributed by atoms with Gasteiger partial charge in [0.1, 0.15) is 28.2 Å². The van der Waals surface area contributed by atoms with Crippen molar-refractivity contribution in [2.75, 3.05) is 7.11 Å². The summed E-state index contributed by atoms with van der Waals surface area (Å²) in [7, 11) is -3.30. The number of rotatable bonds is 3. The van der Waals surface area contributed by atoms with E-state index in [0.717, 1.165) is 6.07 Å². The number of benzene rings is 2. The molecule has 0 amide bonds. The van der Waals surface area contributed by atoms with Crippen LogP contribution >= 0.6 is 0 Å². The third-order valence-corrected chi connectivity index (χ3v) is 3.88. The van der Waals surface area contributed by atoms with Crippen molar-refractivity contribution in [3.63, 3.8) is 0 Å². The third-order valence-electron chi connectivity index (χ3n) is 3.48. The molecule has 0 saturated heterocycles. The second-order valence-electron chi connectivity index (χ2n) is 5.08. The fourth-order valence-electron chi connectivity index (χ4n) is 2.60. The summed E-state index contributed by atoms with van der Waals surface area (Å²) in [6.45, 7) is 1.63. The number of phenolic OH excluding ortho intramolecular Hbond substituents is 1. The van der Waals surface area contributed by atoms with Gasteiger partial charge in [0.2, 0.25) is 0 Å². The van der Waals surface area contributed by atoms with Crippen LogP contribution in [0.2, 0.25) is 0 Å². The van der Waals surface area contributed by atoms with Crippen molar-refractivity contribution < 1.29 is 31.4 Å². The second-order valence-corrected chi connectivity index (χ2v) is 6.11. The summed E-state index contributed by atoms with van der Waals surface area (Å²) < 4.78 is 45.1. The van der Waals surface area contributed by atoms with Gasteiger partial charge in [-0.1, -0.05) is 0 Å². The Morgan fingerprint density at radius 1 is 1.08 bits per heavy atom. The lowest BCUT2D eigenvalue weighted by Crippen LogP contribution is -2.07. The molecule has 1 heterocycles. The summed E-state index contributed by atoms with van der Waals surface area (Å²) in [4.78, 5) is 12.1. The maximum atomic E-state index is 12.1. The van der Waals surface area contributed by atoms with Gasteiger partial charge in [0, 0.05) is 22.9 Å². The van der Waals surface area contributed by atoms with Crippen LogP contribution in [-0.2, 0) is 10.4 Å². The van der Waals surface area contributed by atoms with Crippen LogP contribution < -0.4 is 14.5 Å². The number of phenols is 1. The number of hydrogen-bond donors (Lipinski definition) is 2. The molecule has 0 radical (unpaired) electrons. The summed E-state index contributed by atoms with van der Waals surface area (Å²) in [5.41, 5.74) is -0.257. The van der Waals surface area contributed by atoms with E-state index in [4.69, 9.17) is 13.7 Å². The molecule has 24 heavy (non-hydrogen) atoms. The molecule has 8 nitrogen and oxygen atoms in total. The standard InChI is InChI=1S/C15H12O8S/c1-7-3-9(23-24(18,19)20)6-12-13(7)10-4-8(21-2)5-11(16)14(10)15(17)22-12/h3-6,16H,1-2H3,(H,18,19,20). The van der Waals surface area contributed by atoms with Crippen molar-refractivity contribution in [2.45, 2.75) is 6.92 Å². The molecule has 2 aromatic carbocycles. The Hall–Kier alpha value is -2.78. The van der Waals surface area contributed by atoms with E-state index >= 15 is 0 Å². The van der Waals surface area contributed by atoms with E-state index in [2.05, 4.69) is 4.18 Å². The summed E-state index contributed by atoms with van der Waals surface area (Å²) >= 11 is 0. The lowest BCUT2D eigenvalue weighted by atomic mass is 10.0. The molecular weight excluding hydrogens is 340 g/mol. The van der Waals surface area contributed by atoms with E-state index in [9.17, 15) is 18.3 Å². The Morgan fingerprint density at radius 3 is 2.42 bits per heavy atom. The van der Waals surface area contributed by atoms with Crippen molar-refractivity contribution in [1.29, 1.82) is 0 Å². The number of aryl methyl sites for hydroxylation is 1. The SMILES string of the molecule is COc1cc(O)c2c(=O)oc3cc(OS(=O)(=O)O)cc(C)c3c2c1. The summed E-state index contributed by atoms with van der Waals surface area (Å²) in [5.74, 6) is -0.167. The molecule has 0 aliphatic carbocycles. The highest BCUT2D eigenvalue weighted by Crippen LogP contribution is 2.36. The van der Waals surface area contributed by atoms with Crippen LogP contribution in [-0.4, -0.2) is 25.2 Å².